The van der Waals surface area contributed by atoms with Gasteiger partial charge in [-0.3, -0.25) is 9.67 Å². The van der Waals surface area contributed by atoms with Gasteiger partial charge in [-0.15, -0.1) is 35.3 Å². The average molecular weight is 508 g/mol. The molecule has 6 nitrogen and oxygen atoms in total. The lowest BCUT2D eigenvalue weighted by Crippen LogP contribution is -2.43. The fraction of sp³-hybridized carbons (Fsp3) is 0.588. The van der Waals surface area contributed by atoms with E-state index in [1.165, 1.54) is 11.3 Å². The molecule has 1 unspecified atom stereocenters. The van der Waals surface area contributed by atoms with Crippen LogP contribution in [0.25, 0.3) is 0 Å². The summed E-state index contributed by atoms with van der Waals surface area (Å²) in [6.07, 6.45) is 3.86. The molecular formula is C17H29IN6S2. The van der Waals surface area contributed by atoms with E-state index in [9.17, 15) is 0 Å². The first kappa shape index (κ1) is 23.2. The summed E-state index contributed by atoms with van der Waals surface area (Å²) in [5, 5.41) is 13.4. The van der Waals surface area contributed by atoms with Gasteiger partial charge in [-0.25, -0.2) is 4.98 Å². The van der Waals surface area contributed by atoms with Crippen LogP contribution in [0, 0.1) is 13.8 Å². The Balaban J connectivity index is 0.00000338. The number of nitrogens with zero attached hydrogens (tertiary/aromatic N) is 4. The first-order chi connectivity index (χ1) is 12.0. The topological polar surface area (TPSA) is 67.1 Å². The normalized spacial score (nSPS) is 12.6. The van der Waals surface area contributed by atoms with Crippen molar-refractivity contribution in [3.63, 3.8) is 0 Å². The highest BCUT2D eigenvalue weighted by Crippen LogP contribution is 2.20. The highest BCUT2D eigenvalue weighted by atomic mass is 127. The van der Waals surface area contributed by atoms with Crippen LogP contribution in [0.3, 0.4) is 0 Å². The Bertz CT molecular complexity index is 684. The summed E-state index contributed by atoms with van der Waals surface area (Å²) >= 11 is 3.50. The molecule has 2 N–H and O–H groups in total. The Morgan fingerprint density at radius 1 is 1.42 bits per heavy atom. The number of halogens is 1. The molecule has 146 valence electrons. The van der Waals surface area contributed by atoms with E-state index in [0.717, 1.165) is 41.1 Å². The number of hydrogen-bond acceptors (Lipinski definition) is 5. The molecule has 0 aromatic carbocycles. The SMILES string of the molecule is CN=C(NCCCSc1nccs1)NC(C)Cc1c(C)nn(C)c1C.I. The standard InChI is InChI=1S/C17H28N6S2.HI/c1-12(11-15-13(2)22-23(5)14(15)3)21-16(18-4)19-7-6-9-24-17-20-8-10-25-17;/h8,10,12H,6-7,9,11H2,1-5H3,(H2,18,19,21);1H. The Hall–Kier alpha value is -0.810. The van der Waals surface area contributed by atoms with Crippen molar-refractivity contribution < 1.29 is 0 Å². The molecule has 0 aliphatic carbocycles. The van der Waals surface area contributed by atoms with Crippen LogP contribution in [0.5, 0.6) is 0 Å². The Morgan fingerprint density at radius 3 is 2.77 bits per heavy atom. The van der Waals surface area contributed by atoms with Crippen molar-refractivity contribution in [2.45, 2.75) is 44.0 Å². The van der Waals surface area contributed by atoms with E-state index < -0.39 is 0 Å². The molecule has 0 fully saturated rings. The molecule has 0 spiro atoms. The summed E-state index contributed by atoms with van der Waals surface area (Å²) in [5.41, 5.74) is 3.65. The van der Waals surface area contributed by atoms with E-state index in [4.69, 9.17) is 0 Å². The highest BCUT2D eigenvalue weighted by Gasteiger charge is 2.13. The number of aryl methyl sites for hydroxylation is 2. The van der Waals surface area contributed by atoms with E-state index >= 15 is 0 Å². The summed E-state index contributed by atoms with van der Waals surface area (Å²) in [4.78, 5) is 8.60. The largest absolute Gasteiger partial charge is 0.356 e. The predicted molar refractivity (Wildman–Crippen MR) is 123 cm³/mol. The van der Waals surface area contributed by atoms with Crippen LogP contribution < -0.4 is 10.6 Å². The molecule has 9 heteroatoms. The zero-order valence-corrected chi connectivity index (χ0v) is 20.0. The first-order valence-corrected chi connectivity index (χ1v) is 10.4. The van der Waals surface area contributed by atoms with Gasteiger partial charge in [-0.05, 0) is 39.2 Å². The second-order valence-corrected chi connectivity index (χ2v) is 8.26. The molecule has 2 heterocycles. The van der Waals surface area contributed by atoms with Gasteiger partial charge in [0, 0.05) is 49.7 Å². The van der Waals surface area contributed by atoms with Crippen molar-refractivity contribution in [1.29, 1.82) is 0 Å². The lowest BCUT2D eigenvalue weighted by atomic mass is 10.1. The van der Waals surface area contributed by atoms with Gasteiger partial charge in [-0.2, -0.15) is 5.10 Å². The molecule has 0 amide bonds. The third-order valence-electron chi connectivity index (χ3n) is 4.02. The number of aromatic nitrogens is 3. The van der Waals surface area contributed by atoms with Crippen molar-refractivity contribution >= 4 is 53.0 Å². The summed E-state index contributed by atoms with van der Waals surface area (Å²) < 4.78 is 3.09. The Morgan fingerprint density at radius 2 is 2.19 bits per heavy atom. The third-order valence-corrected chi connectivity index (χ3v) is 6.08. The van der Waals surface area contributed by atoms with Crippen molar-refractivity contribution in [1.82, 2.24) is 25.4 Å². The zero-order chi connectivity index (χ0) is 18.2. The molecule has 0 bridgehead atoms. The van der Waals surface area contributed by atoms with Gasteiger partial charge in [-0.1, -0.05) is 11.8 Å². The van der Waals surface area contributed by atoms with Crippen molar-refractivity contribution in [3.8, 4) is 0 Å². The molecule has 0 saturated heterocycles. The molecule has 1 atom stereocenters. The maximum atomic E-state index is 4.49. The predicted octanol–water partition coefficient (Wildman–Crippen LogP) is 3.39. The van der Waals surface area contributed by atoms with Gasteiger partial charge in [0.2, 0.25) is 0 Å². The van der Waals surface area contributed by atoms with E-state index in [1.54, 1.807) is 23.1 Å². The second kappa shape index (κ2) is 11.8. The lowest BCUT2D eigenvalue weighted by molar-refractivity contribution is 0.634. The van der Waals surface area contributed by atoms with Gasteiger partial charge >= 0.3 is 0 Å². The van der Waals surface area contributed by atoms with E-state index in [0.29, 0.717) is 0 Å². The third kappa shape index (κ3) is 7.07. The molecular weight excluding hydrogens is 479 g/mol. The number of rotatable bonds is 8. The maximum Gasteiger partial charge on any atom is 0.191 e. The smallest absolute Gasteiger partial charge is 0.191 e. The summed E-state index contributed by atoms with van der Waals surface area (Å²) in [7, 11) is 3.81. The summed E-state index contributed by atoms with van der Waals surface area (Å²) in [6.45, 7) is 7.27. The summed E-state index contributed by atoms with van der Waals surface area (Å²) in [6, 6.07) is 0.289. The minimum absolute atomic E-state index is 0. The van der Waals surface area contributed by atoms with E-state index in [2.05, 4.69) is 46.5 Å². The molecule has 2 rings (SSSR count). The van der Waals surface area contributed by atoms with Gasteiger partial charge in [0.15, 0.2) is 5.96 Å². The van der Waals surface area contributed by atoms with Crippen LogP contribution in [0.2, 0.25) is 0 Å². The fourth-order valence-corrected chi connectivity index (χ4v) is 4.27. The second-order valence-electron chi connectivity index (χ2n) is 6.02. The zero-order valence-electron chi connectivity index (χ0n) is 16.1. The molecule has 0 saturated carbocycles. The van der Waals surface area contributed by atoms with Crippen molar-refractivity contribution in [2.24, 2.45) is 12.0 Å². The molecule has 0 aliphatic heterocycles. The van der Waals surface area contributed by atoms with Crippen LogP contribution in [0.15, 0.2) is 20.9 Å². The fourth-order valence-electron chi connectivity index (χ4n) is 2.62. The van der Waals surface area contributed by atoms with Crippen molar-refractivity contribution in [2.75, 3.05) is 19.3 Å². The minimum atomic E-state index is 0. The number of thiazole rings is 1. The number of hydrogen-bond donors (Lipinski definition) is 2. The molecule has 2 aromatic heterocycles. The van der Waals surface area contributed by atoms with Gasteiger partial charge < -0.3 is 10.6 Å². The monoisotopic (exact) mass is 508 g/mol. The Labute approximate surface area is 181 Å². The number of thioether (sulfide) groups is 1. The van der Waals surface area contributed by atoms with Crippen LogP contribution in [0.1, 0.15) is 30.3 Å². The molecule has 26 heavy (non-hydrogen) atoms. The summed E-state index contributed by atoms with van der Waals surface area (Å²) in [5.74, 6) is 1.91. The molecule has 2 aromatic rings. The quantitative estimate of drug-likeness (QED) is 0.188. The minimum Gasteiger partial charge on any atom is -0.356 e. The van der Waals surface area contributed by atoms with E-state index in [1.807, 2.05) is 30.4 Å². The average Bonchev–Trinajstić information content (AvgIpc) is 3.18. The van der Waals surface area contributed by atoms with Crippen LogP contribution in [0.4, 0.5) is 0 Å². The highest BCUT2D eigenvalue weighted by molar-refractivity contribution is 14.0. The number of guanidine groups is 1. The Kier molecular flexibility index (Phi) is 10.6. The van der Waals surface area contributed by atoms with Gasteiger partial charge in [0.1, 0.15) is 4.34 Å². The molecule has 0 aliphatic rings. The van der Waals surface area contributed by atoms with Crippen LogP contribution >= 0.6 is 47.1 Å². The first-order valence-electron chi connectivity index (χ1n) is 8.49. The van der Waals surface area contributed by atoms with Gasteiger partial charge in [0.25, 0.3) is 0 Å². The lowest BCUT2D eigenvalue weighted by Gasteiger charge is -2.18. The van der Waals surface area contributed by atoms with Crippen molar-refractivity contribution in [3.05, 3.63) is 28.5 Å². The van der Waals surface area contributed by atoms with Crippen LogP contribution in [-0.4, -0.2) is 46.1 Å². The number of nitrogens with one attached hydrogen (secondary N) is 2. The maximum absolute atomic E-state index is 4.49. The van der Waals surface area contributed by atoms with Gasteiger partial charge in [0.05, 0.1) is 5.69 Å². The number of aliphatic imine (C=N–C) groups is 1. The van der Waals surface area contributed by atoms with E-state index in [-0.39, 0.29) is 30.0 Å². The van der Waals surface area contributed by atoms with Crippen LogP contribution in [-0.2, 0) is 13.5 Å². The molecule has 0 radical (unpaired) electrons.